The lowest BCUT2D eigenvalue weighted by Crippen LogP contribution is -2.47. The van der Waals surface area contributed by atoms with Crippen molar-refractivity contribution in [2.45, 2.75) is 24.0 Å². The fraction of sp³-hybridized carbons (Fsp3) is 0.455. The summed E-state index contributed by atoms with van der Waals surface area (Å²) in [6.45, 7) is 0.139. The molecule has 1 saturated heterocycles. The molecule has 1 fully saturated rings. The number of nitrogens with zero attached hydrogens (tertiary/aromatic N) is 1. The van der Waals surface area contributed by atoms with E-state index in [1.54, 1.807) is 0 Å². The van der Waals surface area contributed by atoms with Crippen LogP contribution in [0.2, 0.25) is 0 Å². The summed E-state index contributed by atoms with van der Waals surface area (Å²) in [4.78, 5) is 24.6. The summed E-state index contributed by atoms with van der Waals surface area (Å²) in [6, 6.07) is 1.06. The highest BCUT2D eigenvalue weighted by molar-refractivity contribution is 5.12. The maximum Gasteiger partial charge on any atom is 0.330 e. The number of nitrogens with one attached hydrogen (secondary N) is 1. The molecule has 1 aromatic rings. The van der Waals surface area contributed by atoms with Crippen LogP contribution in [0.15, 0.2) is 34.5 Å². The number of aromatic nitrogens is 2. The predicted octanol–water partition coefficient (Wildman–Crippen LogP) is -2.30. The molecule has 1 aliphatic heterocycles. The quantitative estimate of drug-likeness (QED) is 0.458. The van der Waals surface area contributed by atoms with E-state index < -0.39 is 41.9 Å². The van der Waals surface area contributed by atoms with Crippen molar-refractivity contribution in [3.8, 4) is 0 Å². The van der Waals surface area contributed by atoms with Gasteiger partial charge in [-0.05, 0) is 0 Å². The van der Waals surface area contributed by atoms with E-state index >= 15 is 0 Å². The smallest absolute Gasteiger partial charge is 0.330 e. The van der Waals surface area contributed by atoms with Crippen molar-refractivity contribution in [1.82, 2.24) is 9.55 Å². The molecule has 2 rings (SSSR count). The molecule has 8 nitrogen and oxygen atoms in total. The van der Waals surface area contributed by atoms with Crippen LogP contribution < -0.4 is 11.2 Å². The Hall–Kier alpha value is -1.74. The zero-order valence-corrected chi connectivity index (χ0v) is 9.76. The van der Waals surface area contributed by atoms with Crippen LogP contribution in [0.5, 0.6) is 0 Å². The van der Waals surface area contributed by atoms with Crippen LogP contribution in [0.1, 0.15) is 7.60 Å². The number of hydrogen-bond donors (Lipinski definition) is 4. The van der Waals surface area contributed by atoms with Crippen molar-refractivity contribution in [2.24, 2.45) is 0 Å². The van der Waals surface area contributed by atoms with Gasteiger partial charge in [0.1, 0.15) is 17.8 Å². The van der Waals surface area contributed by atoms with E-state index in [-0.39, 0.29) is 0 Å². The Bertz CT molecular complexity index is 626. The average molecular weight is 271 g/mol. The summed E-state index contributed by atoms with van der Waals surface area (Å²) in [6.07, 6.45) is -2.01. The lowest BCUT2D eigenvalue weighted by atomic mass is 9.92. The summed E-state index contributed by atoms with van der Waals surface area (Å²) < 4.78 is 13.1. The zero-order valence-electron chi connectivity index (χ0n) is 10.8. The number of aliphatic hydroxyl groups is 3. The van der Waals surface area contributed by atoms with Crippen LogP contribution in [-0.2, 0) is 4.74 Å². The minimum atomic E-state index is -2.00. The number of H-pyrrole nitrogens is 1. The number of aromatic amines is 1. The zero-order chi connectivity index (χ0) is 14.9. The molecular weight excluding hydrogens is 256 g/mol. The molecule has 19 heavy (non-hydrogen) atoms. The molecule has 0 radical (unpaired) electrons. The van der Waals surface area contributed by atoms with E-state index in [4.69, 9.17) is 6.11 Å². The van der Waals surface area contributed by atoms with Gasteiger partial charge in [0.25, 0.3) is 5.56 Å². The largest absolute Gasteiger partial charge is 0.394 e. The van der Waals surface area contributed by atoms with Gasteiger partial charge >= 0.3 is 5.69 Å². The van der Waals surface area contributed by atoms with Crippen molar-refractivity contribution in [2.75, 3.05) is 6.61 Å². The van der Waals surface area contributed by atoms with Gasteiger partial charge in [-0.3, -0.25) is 14.3 Å². The first-order valence-electron chi connectivity index (χ1n) is 6.06. The van der Waals surface area contributed by atoms with Gasteiger partial charge in [-0.2, -0.15) is 0 Å². The first-order valence-corrected chi connectivity index (χ1v) is 5.48. The van der Waals surface area contributed by atoms with Gasteiger partial charge in [0.15, 0.2) is 6.23 Å². The maximum atomic E-state index is 11.7. The van der Waals surface area contributed by atoms with Gasteiger partial charge in [-0.15, -0.1) is 6.55 Å². The highest BCUT2D eigenvalue weighted by Crippen LogP contribution is 2.36. The Balaban J connectivity index is 2.45. The first-order chi connectivity index (χ1) is 9.43. The van der Waals surface area contributed by atoms with Gasteiger partial charge in [-0.25, -0.2) is 4.79 Å². The third-order valence-electron chi connectivity index (χ3n) is 3.12. The summed E-state index contributed by atoms with van der Waals surface area (Å²) >= 11 is 0. The average Bonchev–Trinajstić information content (AvgIpc) is 2.63. The fourth-order valence-electron chi connectivity index (χ4n) is 2.01. The standard InChI is InChI=1S/C11H14N2O6/c1-2-11(18)6(5-14)19-9(8(11)16)13-4-3-7(15)12-10(13)17/h2-4,6,8-9,14,16,18H,1,5H2,(H,12,15,17)/t6-,8+,9?,11-/m1/s1/i1D. The van der Waals surface area contributed by atoms with Crippen LogP contribution in [0.25, 0.3) is 0 Å². The van der Waals surface area contributed by atoms with Crippen molar-refractivity contribution in [3.05, 3.63) is 45.7 Å². The summed E-state index contributed by atoms with van der Waals surface area (Å²) in [5.41, 5.74) is -3.44. The number of rotatable bonds is 3. The summed E-state index contributed by atoms with van der Waals surface area (Å²) in [5.74, 6) is 0. The SMILES string of the molecule is [2H]C=C[C@@]1(O)[C@@H](CO)OC(n2ccc(=O)[nH]c2=O)[C@@H]1O. The number of aliphatic hydroxyl groups excluding tert-OH is 2. The minimum Gasteiger partial charge on any atom is -0.394 e. The molecule has 4 N–H and O–H groups in total. The molecule has 2 heterocycles. The molecule has 1 aromatic heterocycles. The Kier molecular flexibility index (Phi) is 3.07. The first kappa shape index (κ1) is 12.3. The lowest BCUT2D eigenvalue weighted by Gasteiger charge is -2.26. The van der Waals surface area contributed by atoms with Crippen LogP contribution in [-0.4, -0.2) is 49.3 Å². The second-order valence-corrected chi connectivity index (χ2v) is 4.21. The van der Waals surface area contributed by atoms with Crippen molar-refractivity contribution < 1.29 is 21.4 Å². The number of hydrogen-bond acceptors (Lipinski definition) is 6. The van der Waals surface area contributed by atoms with Crippen LogP contribution >= 0.6 is 0 Å². The number of ether oxygens (including phenoxy) is 1. The maximum absolute atomic E-state index is 11.7. The third-order valence-corrected chi connectivity index (χ3v) is 3.12. The molecule has 0 saturated carbocycles. The Morgan fingerprint density at radius 2 is 2.42 bits per heavy atom. The predicted molar refractivity (Wildman–Crippen MR) is 63.5 cm³/mol. The summed E-state index contributed by atoms with van der Waals surface area (Å²) in [5, 5.41) is 29.6. The molecule has 0 spiro atoms. The van der Waals surface area contributed by atoms with Crippen molar-refractivity contribution in [1.29, 1.82) is 0 Å². The molecule has 8 heteroatoms. The van der Waals surface area contributed by atoms with E-state index in [1.807, 2.05) is 4.98 Å². The van der Waals surface area contributed by atoms with Gasteiger partial charge in [0.2, 0.25) is 0 Å². The monoisotopic (exact) mass is 271 g/mol. The van der Waals surface area contributed by atoms with Crippen molar-refractivity contribution in [3.63, 3.8) is 0 Å². The van der Waals surface area contributed by atoms with E-state index in [1.165, 1.54) is 0 Å². The van der Waals surface area contributed by atoms with Crippen LogP contribution in [0.4, 0.5) is 0 Å². The third kappa shape index (κ3) is 2.04. The van der Waals surface area contributed by atoms with Gasteiger partial charge < -0.3 is 20.1 Å². The minimum absolute atomic E-state index is 0.612. The fourth-order valence-corrected chi connectivity index (χ4v) is 2.01. The molecule has 1 aliphatic rings. The second kappa shape index (κ2) is 4.74. The Labute approximate surface area is 108 Å². The van der Waals surface area contributed by atoms with E-state index in [0.29, 0.717) is 0 Å². The highest BCUT2D eigenvalue weighted by Gasteiger charge is 2.54. The van der Waals surface area contributed by atoms with Gasteiger partial charge in [0.05, 0.1) is 7.98 Å². The molecule has 4 atom stereocenters. The molecule has 1 unspecified atom stereocenters. The van der Waals surface area contributed by atoms with Gasteiger partial charge in [-0.1, -0.05) is 6.08 Å². The molecule has 104 valence electrons. The summed E-state index contributed by atoms with van der Waals surface area (Å²) in [7, 11) is 0. The van der Waals surface area contributed by atoms with E-state index in [2.05, 4.69) is 0 Å². The molecular formula is C11H14N2O6. The Morgan fingerprint density at radius 1 is 1.68 bits per heavy atom. The van der Waals surface area contributed by atoms with Crippen molar-refractivity contribution >= 4 is 0 Å². The van der Waals surface area contributed by atoms with E-state index in [0.717, 1.165) is 29.5 Å². The highest BCUT2D eigenvalue weighted by atomic mass is 16.6. The molecule has 0 amide bonds. The lowest BCUT2D eigenvalue weighted by molar-refractivity contribution is -0.0655. The van der Waals surface area contributed by atoms with Crippen LogP contribution in [0, 0.1) is 0 Å². The normalized spacial score (nSPS) is 35.7. The van der Waals surface area contributed by atoms with Gasteiger partial charge in [0, 0.05) is 12.3 Å². The van der Waals surface area contributed by atoms with E-state index in [9.17, 15) is 24.9 Å². The molecule has 0 bridgehead atoms. The second-order valence-electron chi connectivity index (χ2n) is 4.21. The Morgan fingerprint density at radius 3 is 3.00 bits per heavy atom. The molecule has 0 aromatic carbocycles. The topological polar surface area (TPSA) is 125 Å². The molecule has 0 aliphatic carbocycles. The van der Waals surface area contributed by atoms with Crippen LogP contribution in [0.3, 0.4) is 0 Å².